The van der Waals surface area contributed by atoms with Crippen LogP contribution in [0.3, 0.4) is 0 Å². The van der Waals surface area contributed by atoms with Crippen molar-refractivity contribution in [2.24, 2.45) is 0 Å². The Bertz CT molecular complexity index is 417. The van der Waals surface area contributed by atoms with Crippen molar-refractivity contribution in [1.29, 1.82) is 0 Å². The third-order valence-electron chi connectivity index (χ3n) is 3.10. The molecule has 104 valence electrons. The number of rotatable bonds is 6. The van der Waals surface area contributed by atoms with E-state index >= 15 is 0 Å². The van der Waals surface area contributed by atoms with E-state index in [9.17, 15) is 0 Å². The largest absolute Gasteiger partial charge is 0.501 e. The van der Waals surface area contributed by atoms with Gasteiger partial charge in [0.25, 0.3) is 0 Å². The quantitative estimate of drug-likeness (QED) is 0.853. The average molecular weight is 263 g/mol. The average Bonchev–Trinajstić information content (AvgIpc) is 2.49. The second kappa shape index (κ2) is 7.09. The number of methoxy groups -OCH3 is 1. The van der Waals surface area contributed by atoms with E-state index in [2.05, 4.69) is 22.4 Å². The Labute approximate surface area is 114 Å². The highest BCUT2D eigenvalue weighted by Crippen LogP contribution is 2.26. The molecule has 19 heavy (non-hydrogen) atoms. The van der Waals surface area contributed by atoms with Crippen LogP contribution in [-0.4, -0.2) is 30.5 Å². The molecule has 5 heteroatoms. The minimum atomic E-state index is 0.0821. The molecule has 1 N–H and O–H groups in total. The summed E-state index contributed by atoms with van der Waals surface area (Å²) in [6, 6.07) is 3.88. The maximum absolute atomic E-state index is 5.43. The molecule has 0 spiro atoms. The van der Waals surface area contributed by atoms with Gasteiger partial charge >= 0.3 is 0 Å². The monoisotopic (exact) mass is 263 g/mol. The van der Waals surface area contributed by atoms with Crippen LogP contribution in [0, 0.1) is 0 Å². The summed E-state index contributed by atoms with van der Waals surface area (Å²) < 4.78 is 10.5. The number of hydrogen-bond donors (Lipinski definition) is 1. The second-order valence-corrected chi connectivity index (χ2v) is 4.55. The van der Waals surface area contributed by atoms with E-state index in [0.717, 1.165) is 38.1 Å². The number of aromatic nitrogens is 2. The SMILES string of the molecule is CCCNC(C1=COCCC1)c1ccc(OC)nn1. The molecule has 1 atom stereocenters. The molecule has 0 fully saturated rings. The van der Waals surface area contributed by atoms with Crippen molar-refractivity contribution < 1.29 is 9.47 Å². The zero-order valence-corrected chi connectivity index (χ0v) is 11.6. The van der Waals surface area contributed by atoms with E-state index in [0.29, 0.717) is 5.88 Å². The van der Waals surface area contributed by atoms with Gasteiger partial charge in [-0.1, -0.05) is 6.92 Å². The van der Waals surface area contributed by atoms with Crippen molar-refractivity contribution in [3.05, 3.63) is 29.7 Å². The number of nitrogens with zero attached hydrogens (tertiary/aromatic N) is 2. The van der Waals surface area contributed by atoms with Crippen molar-refractivity contribution in [2.45, 2.75) is 32.2 Å². The van der Waals surface area contributed by atoms with Crippen molar-refractivity contribution in [2.75, 3.05) is 20.3 Å². The minimum absolute atomic E-state index is 0.0821. The van der Waals surface area contributed by atoms with Crippen LogP contribution in [0.1, 0.15) is 37.9 Å². The van der Waals surface area contributed by atoms with Gasteiger partial charge in [-0.2, -0.15) is 0 Å². The van der Waals surface area contributed by atoms with Gasteiger partial charge in [-0.3, -0.25) is 0 Å². The molecular weight excluding hydrogens is 242 g/mol. The van der Waals surface area contributed by atoms with Crippen molar-refractivity contribution in [3.8, 4) is 5.88 Å². The van der Waals surface area contributed by atoms with Gasteiger partial charge in [0.05, 0.1) is 31.7 Å². The molecule has 2 heterocycles. The van der Waals surface area contributed by atoms with Crippen LogP contribution < -0.4 is 10.1 Å². The first-order valence-electron chi connectivity index (χ1n) is 6.76. The molecule has 0 radical (unpaired) electrons. The van der Waals surface area contributed by atoms with Crippen LogP contribution in [0.2, 0.25) is 0 Å². The van der Waals surface area contributed by atoms with Crippen LogP contribution in [0.5, 0.6) is 5.88 Å². The third kappa shape index (κ3) is 3.67. The lowest BCUT2D eigenvalue weighted by Crippen LogP contribution is -2.26. The Morgan fingerprint density at radius 2 is 2.32 bits per heavy atom. The van der Waals surface area contributed by atoms with Crippen molar-refractivity contribution in [3.63, 3.8) is 0 Å². The van der Waals surface area contributed by atoms with Gasteiger partial charge in [0.1, 0.15) is 0 Å². The van der Waals surface area contributed by atoms with Crippen LogP contribution >= 0.6 is 0 Å². The molecule has 1 aliphatic heterocycles. The summed E-state index contributed by atoms with van der Waals surface area (Å²) in [7, 11) is 1.59. The highest BCUT2D eigenvalue weighted by atomic mass is 16.5. The zero-order chi connectivity index (χ0) is 13.5. The molecule has 2 rings (SSSR count). The summed E-state index contributed by atoms with van der Waals surface area (Å²) in [5, 5.41) is 11.8. The highest BCUT2D eigenvalue weighted by molar-refractivity contribution is 5.23. The lowest BCUT2D eigenvalue weighted by atomic mass is 9.99. The molecule has 0 amide bonds. The summed E-state index contributed by atoms with van der Waals surface area (Å²) in [5.41, 5.74) is 2.14. The third-order valence-corrected chi connectivity index (χ3v) is 3.10. The number of hydrogen-bond acceptors (Lipinski definition) is 5. The summed E-state index contributed by atoms with van der Waals surface area (Å²) in [6.45, 7) is 3.89. The Balaban J connectivity index is 2.17. The summed E-state index contributed by atoms with van der Waals surface area (Å²) in [6.07, 6.45) is 5.03. The first kappa shape index (κ1) is 13.8. The van der Waals surface area contributed by atoms with E-state index in [-0.39, 0.29) is 6.04 Å². The van der Waals surface area contributed by atoms with E-state index in [1.54, 1.807) is 7.11 Å². The summed E-state index contributed by atoms with van der Waals surface area (Å²) in [5.74, 6) is 0.534. The Hall–Kier alpha value is -1.62. The molecule has 0 saturated carbocycles. The Morgan fingerprint density at radius 3 is 2.89 bits per heavy atom. The molecule has 5 nitrogen and oxygen atoms in total. The maximum atomic E-state index is 5.43. The molecule has 1 aliphatic rings. The smallest absolute Gasteiger partial charge is 0.233 e. The maximum Gasteiger partial charge on any atom is 0.233 e. The molecule has 0 bridgehead atoms. The van der Waals surface area contributed by atoms with E-state index < -0.39 is 0 Å². The normalized spacial score (nSPS) is 16.4. The van der Waals surface area contributed by atoms with Crippen molar-refractivity contribution >= 4 is 0 Å². The standard InChI is InChI=1S/C14H21N3O2/c1-3-8-15-14(11-5-4-9-19-10-11)12-6-7-13(18-2)17-16-12/h6-7,10,14-15H,3-5,8-9H2,1-2H3. The number of nitrogens with one attached hydrogen (secondary N) is 1. The zero-order valence-electron chi connectivity index (χ0n) is 11.6. The Kier molecular flexibility index (Phi) is 5.15. The molecular formula is C14H21N3O2. The Morgan fingerprint density at radius 1 is 1.42 bits per heavy atom. The predicted molar refractivity (Wildman–Crippen MR) is 72.9 cm³/mol. The fourth-order valence-electron chi connectivity index (χ4n) is 2.10. The molecule has 0 aliphatic carbocycles. The molecule has 1 aromatic rings. The van der Waals surface area contributed by atoms with E-state index in [1.807, 2.05) is 18.4 Å². The van der Waals surface area contributed by atoms with E-state index in [4.69, 9.17) is 9.47 Å². The van der Waals surface area contributed by atoms with Crippen LogP contribution in [0.25, 0.3) is 0 Å². The van der Waals surface area contributed by atoms with Gasteiger partial charge in [-0.05, 0) is 37.4 Å². The topological polar surface area (TPSA) is 56.3 Å². The summed E-state index contributed by atoms with van der Waals surface area (Å²) >= 11 is 0. The predicted octanol–water partition coefficient (Wildman–Crippen LogP) is 2.22. The lowest BCUT2D eigenvalue weighted by Gasteiger charge is -2.23. The first-order valence-corrected chi connectivity index (χ1v) is 6.76. The van der Waals surface area contributed by atoms with Gasteiger partial charge in [-0.15, -0.1) is 10.2 Å². The van der Waals surface area contributed by atoms with Crippen LogP contribution in [0.4, 0.5) is 0 Å². The molecule has 0 aromatic carbocycles. The fourth-order valence-corrected chi connectivity index (χ4v) is 2.10. The fraction of sp³-hybridized carbons (Fsp3) is 0.571. The van der Waals surface area contributed by atoms with Gasteiger partial charge in [0, 0.05) is 6.07 Å². The molecule has 1 unspecified atom stereocenters. The molecule has 1 aromatic heterocycles. The first-order chi connectivity index (χ1) is 9.35. The number of ether oxygens (including phenoxy) is 2. The van der Waals surface area contributed by atoms with Gasteiger partial charge in [0.15, 0.2) is 0 Å². The highest BCUT2D eigenvalue weighted by Gasteiger charge is 2.20. The summed E-state index contributed by atoms with van der Waals surface area (Å²) in [4.78, 5) is 0. The van der Waals surface area contributed by atoms with Gasteiger partial charge in [-0.25, -0.2) is 0 Å². The van der Waals surface area contributed by atoms with E-state index in [1.165, 1.54) is 5.57 Å². The van der Waals surface area contributed by atoms with Gasteiger partial charge in [0.2, 0.25) is 5.88 Å². The minimum Gasteiger partial charge on any atom is -0.501 e. The lowest BCUT2D eigenvalue weighted by molar-refractivity contribution is 0.219. The molecule has 0 saturated heterocycles. The second-order valence-electron chi connectivity index (χ2n) is 4.55. The van der Waals surface area contributed by atoms with Crippen molar-refractivity contribution in [1.82, 2.24) is 15.5 Å². The van der Waals surface area contributed by atoms with Gasteiger partial charge < -0.3 is 14.8 Å². The van der Waals surface area contributed by atoms with Crippen LogP contribution in [-0.2, 0) is 4.74 Å². The van der Waals surface area contributed by atoms with Crippen LogP contribution in [0.15, 0.2) is 24.0 Å².